The summed E-state index contributed by atoms with van der Waals surface area (Å²) in [6, 6.07) is 9.11. The van der Waals surface area contributed by atoms with Gasteiger partial charge in [0.05, 0.1) is 16.9 Å². The van der Waals surface area contributed by atoms with Gasteiger partial charge in [-0.05, 0) is 56.5 Å². The first kappa shape index (κ1) is 21.0. The Morgan fingerprint density at radius 3 is 2.55 bits per heavy atom. The van der Waals surface area contributed by atoms with Crippen molar-refractivity contribution in [3.63, 3.8) is 0 Å². The summed E-state index contributed by atoms with van der Waals surface area (Å²) in [7, 11) is 0. The Morgan fingerprint density at radius 1 is 1.13 bits per heavy atom. The molecule has 4 rings (SSSR count). The van der Waals surface area contributed by atoms with Gasteiger partial charge in [-0.15, -0.1) is 0 Å². The zero-order valence-electron chi connectivity index (χ0n) is 16.8. The fourth-order valence-electron chi connectivity index (χ4n) is 3.98. The lowest BCUT2D eigenvalue weighted by Gasteiger charge is -2.33. The molecule has 2 amide bonds. The number of piperidine rings is 1. The molecule has 9 heteroatoms. The summed E-state index contributed by atoms with van der Waals surface area (Å²) in [5, 5.41) is 10.2. The first-order valence-corrected chi connectivity index (χ1v) is 10.1. The molecule has 2 aliphatic rings. The largest absolute Gasteiger partial charge is 0.418 e. The summed E-state index contributed by atoms with van der Waals surface area (Å²) in [6.45, 7) is 2.77. The van der Waals surface area contributed by atoms with E-state index in [2.05, 4.69) is 15.5 Å². The lowest BCUT2D eigenvalue weighted by Crippen LogP contribution is -2.41. The molecule has 0 spiro atoms. The number of amides is 2. The van der Waals surface area contributed by atoms with E-state index in [1.807, 2.05) is 11.8 Å². The van der Waals surface area contributed by atoms with Gasteiger partial charge in [0.25, 0.3) is 11.8 Å². The van der Waals surface area contributed by atoms with Crippen LogP contribution in [0.15, 0.2) is 52.7 Å². The molecule has 2 aromatic carbocycles. The molecule has 2 aliphatic heterocycles. The van der Waals surface area contributed by atoms with Gasteiger partial charge in [-0.25, -0.2) is 0 Å². The molecule has 0 aliphatic carbocycles. The van der Waals surface area contributed by atoms with Crippen LogP contribution in [0.5, 0.6) is 0 Å². The van der Waals surface area contributed by atoms with Gasteiger partial charge >= 0.3 is 6.18 Å². The summed E-state index contributed by atoms with van der Waals surface area (Å²) in [5.41, 5.74) is -0.121. The Kier molecular flexibility index (Phi) is 5.51. The first-order valence-electron chi connectivity index (χ1n) is 10.1. The fourth-order valence-corrected chi connectivity index (χ4v) is 3.98. The average molecular weight is 430 g/mol. The van der Waals surface area contributed by atoms with Crippen LogP contribution in [0, 0.1) is 0 Å². The van der Waals surface area contributed by atoms with Crippen molar-refractivity contribution in [2.45, 2.75) is 44.4 Å². The van der Waals surface area contributed by atoms with Crippen molar-refractivity contribution in [1.82, 2.24) is 4.90 Å². The summed E-state index contributed by atoms with van der Waals surface area (Å²) >= 11 is 0. The number of anilines is 1. The zero-order chi connectivity index (χ0) is 22.2. The maximum absolute atomic E-state index is 13.2. The van der Waals surface area contributed by atoms with Crippen LogP contribution in [0.25, 0.3) is 0 Å². The number of likely N-dealkylation sites (tertiary alicyclic amines) is 1. The third kappa shape index (κ3) is 4.17. The van der Waals surface area contributed by atoms with Crippen molar-refractivity contribution in [2.24, 2.45) is 10.2 Å². The maximum atomic E-state index is 13.2. The molecule has 6 nitrogen and oxygen atoms in total. The number of fused-ring (bicyclic) bond motifs is 1. The van der Waals surface area contributed by atoms with Crippen LogP contribution < -0.4 is 5.32 Å². The van der Waals surface area contributed by atoms with E-state index >= 15 is 0 Å². The van der Waals surface area contributed by atoms with Gasteiger partial charge in [-0.3, -0.25) is 9.59 Å². The average Bonchev–Trinajstić information content (AvgIpc) is 3.06. The smallest absolute Gasteiger partial charge is 0.336 e. The minimum Gasteiger partial charge on any atom is -0.336 e. The van der Waals surface area contributed by atoms with E-state index in [1.165, 1.54) is 12.1 Å². The Hall–Kier alpha value is -3.23. The summed E-state index contributed by atoms with van der Waals surface area (Å²) in [6.07, 6.45) is -1.49. The van der Waals surface area contributed by atoms with Crippen molar-refractivity contribution in [1.29, 1.82) is 0 Å². The van der Waals surface area contributed by atoms with Crippen molar-refractivity contribution in [3.8, 4) is 0 Å². The van der Waals surface area contributed by atoms with E-state index < -0.39 is 23.7 Å². The molecule has 0 radical (unpaired) electrons. The second kappa shape index (κ2) is 8.13. The van der Waals surface area contributed by atoms with Gasteiger partial charge in [0.1, 0.15) is 0 Å². The van der Waals surface area contributed by atoms with Crippen molar-refractivity contribution in [3.05, 3.63) is 59.2 Å². The molecular formula is C22H21F3N4O2. The van der Waals surface area contributed by atoms with Gasteiger partial charge in [0, 0.05) is 23.7 Å². The second-order valence-corrected chi connectivity index (χ2v) is 7.77. The summed E-state index contributed by atoms with van der Waals surface area (Å²) in [4.78, 5) is 26.8. The molecule has 2 aromatic rings. The predicted octanol–water partition coefficient (Wildman–Crippen LogP) is 5.50. The molecule has 0 aromatic heterocycles. The molecule has 1 N–H and O–H groups in total. The van der Waals surface area contributed by atoms with E-state index in [9.17, 15) is 22.8 Å². The van der Waals surface area contributed by atoms with Crippen molar-refractivity contribution < 1.29 is 22.8 Å². The van der Waals surface area contributed by atoms with Gasteiger partial charge < -0.3 is 10.2 Å². The molecule has 31 heavy (non-hydrogen) atoms. The number of para-hydroxylation sites is 1. The number of carbonyl (C=O) groups is 2. The number of halogens is 3. The quantitative estimate of drug-likeness (QED) is 0.653. The lowest BCUT2D eigenvalue weighted by atomic mass is 10.0. The van der Waals surface area contributed by atoms with Crippen LogP contribution in [0.4, 0.5) is 24.5 Å². The van der Waals surface area contributed by atoms with Crippen LogP contribution in [0.3, 0.4) is 0 Å². The topological polar surface area (TPSA) is 74.1 Å². The van der Waals surface area contributed by atoms with Crippen molar-refractivity contribution >= 4 is 23.2 Å². The highest BCUT2D eigenvalue weighted by Gasteiger charge is 2.40. The molecule has 2 atom stereocenters. The van der Waals surface area contributed by atoms with E-state index in [-0.39, 0.29) is 23.2 Å². The molecule has 1 saturated heterocycles. The molecule has 2 heterocycles. The number of azo groups is 1. The third-order valence-electron chi connectivity index (χ3n) is 5.66. The van der Waals surface area contributed by atoms with Crippen LogP contribution in [-0.2, 0) is 11.0 Å². The third-order valence-corrected chi connectivity index (χ3v) is 5.66. The van der Waals surface area contributed by atoms with Crippen LogP contribution >= 0.6 is 0 Å². The molecular weight excluding hydrogens is 409 g/mol. The molecule has 1 fully saturated rings. The molecule has 0 bridgehead atoms. The fraction of sp³-hybridized carbons (Fsp3) is 0.364. The SMILES string of the molecule is C[C@@H]1CCCCN1C(=O)c1ccc(N=N[C@@H]2C(=O)Nc3c2cccc3C(F)(F)F)cc1. The van der Waals surface area contributed by atoms with E-state index in [0.717, 1.165) is 31.9 Å². The van der Waals surface area contributed by atoms with Gasteiger partial charge in [0.15, 0.2) is 6.04 Å². The Labute approximate surface area is 177 Å². The predicted molar refractivity (Wildman–Crippen MR) is 108 cm³/mol. The normalized spacial score (nSPS) is 21.3. The van der Waals surface area contributed by atoms with Crippen molar-refractivity contribution in [2.75, 3.05) is 11.9 Å². The number of rotatable bonds is 3. The van der Waals surface area contributed by atoms with Crippen LogP contribution in [0.1, 0.15) is 53.7 Å². The second-order valence-electron chi connectivity index (χ2n) is 7.77. The number of nitrogens with zero attached hydrogens (tertiary/aromatic N) is 3. The lowest BCUT2D eigenvalue weighted by molar-refractivity contribution is -0.136. The highest BCUT2D eigenvalue weighted by atomic mass is 19.4. The highest BCUT2D eigenvalue weighted by Crippen LogP contribution is 2.43. The number of hydrogen-bond donors (Lipinski definition) is 1. The van der Waals surface area contributed by atoms with Gasteiger partial charge in [-0.2, -0.15) is 23.4 Å². The number of nitrogens with one attached hydrogen (secondary N) is 1. The minimum absolute atomic E-state index is 0.0422. The van der Waals surface area contributed by atoms with E-state index in [1.54, 1.807) is 24.3 Å². The van der Waals surface area contributed by atoms with Crippen LogP contribution in [0.2, 0.25) is 0 Å². The number of alkyl halides is 3. The van der Waals surface area contributed by atoms with Gasteiger partial charge in [-0.1, -0.05) is 12.1 Å². The number of hydrogen-bond acceptors (Lipinski definition) is 4. The summed E-state index contributed by atoms with van der Waals surface area (Å²) in [5.74, 6) is -0.708. The first-order chi connectivity index (χ1) is 14.8. The molecule has 0 unspecified atom stereocenters. The number of benzene rings is 2. The molecule has 0 saturated carbocycles. The Bertz CT molecular complexity index is 1030. The standard InChI is InChI=1S/C22H21F3N4O2/c1-13-5-2-3-12-29(13)21(31)14-8-10-15(11-9-14)27-28-19-16-6-4-7-17(22(23,24)25)18(16)26-20(19)30/h4,6-11,13,19H,2-3,5,12H2,1H3,(H,26,30)/t13-,19+/m1/s1. The van der Waals surface area contributed by atoms with Crippen LogP contribution in [-0.4, -0.2) is 29.3 Å². The van der Waals surface area contributed by atoms with E-state index in [0.29, 0.717) is 11.3 Å². The summed E-state index contributed by atoms with van der Waals surface area (Å²) < 4.78 is 39.5. The van der Waals surface area contributed by atoms with E-state index in [4.69, 9.17) is 0 Å². The molecule has 162 valence electrons. The Balaban J connectivity index is 1.51. The van der Waals surface area contributed by atoms with Gasteiger partial charge in [0.2, 0.25) is 0 Å². The monoisotopic (exact) mass is 430 g/mol. The zero-order valence-corrected chi connectivity index (χ0v) is 16.8. The maximum Gasteiger partial charge on any atom is 0.418 e. The highest BCUT2D eigenvalue weighted by molar-refractivity contribution is 6.03. The minimum atomic E-state index is -4.58. The Morgan fingerprint density at radius 2 is 1.87 bits per heavy atom. The number of carbonyl (C=O) groups excluding carboxylic acids is 2.